The predicted octanol–water partition coefficient (Wildman–Crippen LogP) is 3.29. The number of phenolic OH excluding ortho intramolecular Hbond substituents is 1. The van der Waals surface area contributed by atoms with Crippen molar-refractivity contribution in [3.8, 4) is 11.5 Å². The molecule has 0 aliphatic carbocycles. The van der Waals surface area contributed by atoms with Crippen LogP contribution in [0.4, 0.5) is 0 Å². The topological polar surface area (TPSA) is 66.8 Å². The summed E-state index contributed by atoms with van der Waals surface area (Å²) in [6, 6.07) is 13.1. The normalized spacial score (nSPS) is 11.8. The molecule has 2 N–H and O–H groups in total. The van der Waals surface area contributed by atoms with Gasteiger partial charge in [0.1, 0.15) is 12.5 Å². The number of hydrogen-bond donors (Lipinski definition) is 2. The molecule has 4 nitrogen and oxygen atoms in total. The van der Waals surface area contributed by atoms with Crippen LogP contribution in [0.3, 0.4) is 0 Å². The molecule has 0 saturated heterocycles. The van der Waals surface area contributed by atoms with E-state index in [2.05, 4.69) is 0 Å². The third-order valence-electron chi connectivity index (χ3n) is 2.85. The quantitative estimate of drug-likeness (QED) is 0.887. The molecule has 0 bridgehead atoms. The molecule has 0 aliphatic heterocycles. The molecule has 0 amide bonds. The number of carboxylic acids is 1. The lowest BCUT2D eigenvalue weighted by Crippen LogP contribution is -2.19. The van der Waals surface area contributed by atoms with Crippen molar-refractivity contribution in [2.45, 2.75) is 5.92 Å². The Morgan fingerprint density at radius 1 is 1.15 bits per heavy atom. The molecule has 0 heterocycles. The van der Waals surface area contributed by atoms with Gasteiger partial charge in [-0.25, -0.2) is 0 Å². The standard InChI is InChI=1S/C15H13ClO4/c16-12-6-2-1-5-10(12)11(15(18)19)9-20-14-8-4-3-7-13(14)17/h1-8,11,17H,9H2,(H,18,19). The highest BCUT2D eigenvalue weighted by atomic mass is 35.5. The Balaban J connectivity index is 2.18. The lowest BCUT2D eigenvalue weighted by molar-refractivity contribution is -0.139. The Kier molecular flexibility index (Phi) is 4.48. The smallest absolute Gasteiger partial charge is 0.314 e. The molecule has 2 rings (SSSR count). The fraction of sp³-hybridized carbons (Fsp3) is 0.133. The van der Waals surface area contributed by atoms with E-state index in [0.717, 1.165) is 0 Å². The average Bonchev–Trinajstić information content (AvgIpc) is 2.42. The van der Waals surface area contributed by atoms with Crippen LogP contribution >= 0.6 is 11.6 Å². The Labute approximate surface area is 121 Å². The summed E-state index contributed by atoms with van der Waals surface area (Å²) in [5, 5.41) is 19.3. The molecule has 0 aromatic heterocycles. The third kappa shape index (κ3) is 3.22. The fourth-order valence-corrected chi connectivity index (χ4v) is 2.07. The molecule has 2 aromatic rings. The van der Waals surface area contributed by atoms with Crippen LogP contribution in [0.1, 0.15) is 11.5 Å². The second-order valence-electron chi connectivity index (χ2n) is 4.19. The van der Waals surface area contributed by atoms with Crippen LogP contribution in [-0.4, -0.2) is 22.8 Å². The van der Waals surface area contributed by atoms with Gasteiger partial charge in [-0.2, -0.15) is 0 Å². The maximum absolute atomic E-state index is 11.4. The molecule has 0 fully saturated rings. The summed E-state index contributed by atoms with van der Waals surface area (Å²) in [5.74, 6) is -1.72. The minimum atomic E-state index is -1.03. The van der Waals surface area contributed by atoms with Crippen LogP contribution in [-0.2, 0) is 4.79 Å². The molecule has 0 aliphatic rings. The maximum atomic E-state index is 11.4. The first-order chi connectivity index (χ1) is 9.59. The van der Waals surface area contributed by atoms with E-state index in [-0.39, 0.29) is 18.1 Å². The number of ether oxygens (including phenoxy) is 1. The lowest BCUT2D eigenvalue weighted by atomic mass is 10.0. The lowest BCUT2D eigenvalue weighted by Gasteiger charge is -2.15. The average molecular weight is 293 g/mol. The Morgan fingerprint density at radius 3 is 2.45 bits per heavy atom. The fourth-order valence-electron chi connectivity index (χ4n) is 1.80. The molecular weight excluding hydrogens is 280 g/mol. The number of hydrogen-bond acceptors (Lipinski definition) is 3. The number of carbonyl (C=O) groups is 1. The number of benzene rings is 2. The molecule has 0 spiro atoms. The van der Waals surface area contributed by atoms with Gasteiger partial charge >= 0.3 is 5.97 Å². The monoisotopic (exact) mass is 292 g/mol. The summed E-state index contributed by atoms with van der Waals surface area (Å²) in [4.78, 5) is 11.4. The largest absolute Gasteiger partial charge is 0.504 e. The second-order valence-corrected chi connectivity index (χ2v) is 4.60. The van der Waals surface area contributed by atoms with Crippen molar-refractivity contribution >= 4 is 17.6 Å². The van der Waals surface area contributed by atoms with Crippen LogP contribution in [0.15, 0.2) is 48.5 Å². The molecule has 5 heteroatoms. The van der Waals surface area contributed by atoms with E-state index in [1.165, 1.54) is 6.07 Å². The highest BCUT2D eigenvalue weighted by Crippen LogP contribution is 2.29. The Hall–Kier alpha value is -2.20. The van der Waals surface area contributed by atoms with Gasteiger partial charge in [0, 0.05) is 5.02 Å². The van der Waals surface area contributed by atoms with Crippen LogP contribution < -0.4 is 4.74 Å². The molecule has 0 saturated carbocycles. The van der Waals surface area contributed by atoms with Gasteiger partial charge in [0.15, 0.2) is 11.5 Å². The van der Waals surface area contributed by atoms with Gasteiger partial charge in [-0.1, -0.05) is 41.9 Å². The molecule has 1 unspecified atom stereocenters. The van der Waals surface area contributed by atoms with Crippen LogP contribution in [0.25, 0.3) is 0 Å². The number of carboxylic acid groups (broad SMARTS) is 1. The number of phenols is 1. The number of rotatable bonds is 5. The first kappa shape index (κ1) is 14.2. The van der Waals surface area contributed by atoms with E-state index in [9.17, 15) is 15.0 Å². The van der Waals surface area contributed by atoms with Crippen molar-refractivity contribution < 1.29 is 19.7 Å². The Bertz CT molecular complexity index is 612. The van der Waals surface area contributed by atoms with Gasteiger partial charge in [-0.3, -0.25) is 4.79 Å². The van der Waals surface area contributed by atoms with E-state index in [1.54, 1.807) is 42.5 Å². The van der Waals surface area contributed by atoms with Crippen LogP contribution in [0.2, 0.25) is 5.02 Å². The van der Waals surface area contributed by atoms with E-state index >= 15 is 0 Å². The van der Waals surface area contributed by atoms with Crippen molar-refractivity contribution in [2.75, 3.05) is 6.61 Å². The summed E-state index contributed by atoms with van der Waals surface area (Å²) in [6.07, 6.45) is 0. The highest BCUT2D eigenvalue weighted by Gasteiger charge is 2.23. The zero-order valence-electron chi connectivity index (χ0n) is 10.5. The summed E-state index contributed by atoms with van der Waals surface area (Å²) in [6.45, 7) is -0.114. The SMILES string of the molecule is O=C(O)C(COc1ccccc1O)c1ccccc1Cl. The first-order valence-electron chi connectivity index (χ1n) is 5.97. The predicted molar refractivity (Wildman–Crippen MR) is 75.4 cm³/mol. The number of aliphatic carboxylic acids is 1. The minimum Gasteiger partial charge on any atom is -0.504 e. The summed E-state index contributed by atoms with van der Waals surface area (Å²) >= 11 is 6.01. The first-order valence-corrected chi connectivity index (χ1v) is 6.35. The van der Waals surface area contributed by atoms with Gasteiger partial charge in [0.05, 0.1) is 0 Å². The second kappa shape index (κ2) is 6.30. The summed E-state index contributed by atoms with van der Waals surface area (Å²) < 4.78 is 5.38. The molecule has 2 aromatic carbocycles. The number of halogens is 1. The van der Waals surface area contributed by atoms with Gasteiger partial charge in [0.2, 0.25) is 0 Å². The molecule has 20 heavy (non-hydrogen) atoms. The van der Waals surface area contributed by atoms with Crippen LogP contribution in [0.5, 0.6) is 11.5 Å². The van der Waals surface area contributed by atoms with Gasteiger partial charge < -0.3 is 14.9 Å². The van der Waals surface area contributed by atoms with Crippen molar-refractivity contribution in [2.24, 2.45) is 0 Å². The Morgan fingerprint density at radius 2 is 1.80 bits per heavy atom. The molecule has 1 atom stereocenters. The minimum absolute atomic E-state index is 0.0317. The summed E-state index contributed by atoms with van der Waals surface area (Å²) in [7, 11) is 0. The van der Waals surface area contributed by atoms with Gasteiger partial charge in [0.25, 0.3) is 0 Å². The van der Waals surface area contributed by atoms with Crippen molar-refractivity contribution in [1.29, 1.82) is 0 Å². The zero-order valence-corrected chi connectivity index (χ0v) is 11.2. The van der Waals surface area contributed by atoms with E-state index in [1.807, 2.05) is 0 Å². The molecular formula is C15H13ClO4. The highest BCUT2D eigenvalue weighted by molar-refractivity contribution is 6.31. The van der Waals surface area contributed by atoms with E-state index in [4.69, 9.17) is 16.3 Å². The van der Waals surface area contributed by atoms with Crippen molar-refractivity contribution in [1.82, 2.24) is 0 Å². The van der Waals surface area contributed by atoms with Crippen LogP contribution in [0, 0.1) is 0 Å². The van der Waals surface area contributed by atoms with Crippen molar-refractivity contribution in [3.05, 3.63) is 59.1 Å². The molecule has 0 radical (unpaired) electrons. The maximum Gasteiger partial charge on any atom is 0.314 e. The third-order valence-corrected chi connectivity index (χ3v) is 3.19. The summed E-state index contributed by atoms with van der Waals surface area (Å²) in [5.41, 5.74) is 0.483. The molecule has 104 valence electrons. The zero-order chi connectivity index (χ0) is 14.5. The number of aromatic hydroxyl groups is 1. The van der Waals surface area contributed by atoms with E-state index < -0.39 is 11.9 Å². The van der Waals surface area contributed by atoms with Gasteiger partial charge in [-0.05, 0) is 23.8 Å². The van der Waals surface area contributed by atoms with Crippen molar-refractivity contribution in [3.63, 3.8) is 0 Å². The van der Waals surface area contributed by atoms with E-state index in [0.29, 0.717) is 10.6 Å². The number of para-hydroxylation sites is 2. The van der Waals surface area contributed by atoms with Gasteiger partial charge in [-0.15, -0.1) is 0 Å².